The van der Waals surface area contributed by atoms with Crippen molar-refractivity contribution in [2.45, 2.75) is 42.6 Å². The van der Waals surface area contributed by atoms with Crippen LogP contribution in [0.1, 0.15) is 47.9 Å². The van der Waals surface area contributed by atoms with Gasteiger partial charge in [0.1, 0.15) is 11.1 Å². The molecule has 1 atom stereocenters. The van der Waals surface area contributed by atoms with Gasteiger partial charge in [0, 0.05) is 5.92 Å². The van der Waals surface area contributed by atoms with E-state index in [1.807, 2.05) is 55.5 Å². The van der Waals surface area contributed by atoms with Crippen molar-refractivity contribution in [3.8, 4) is 0 Å². The van der Waals surface area contributed by atoms with Gasteiger partial charge in [-0.2, -0.15) is 0 Å². The Morgan fingerprint density at radius 1 is 1.11 bits per heavy atom. The Balaban J connectivity index is 1.66. The van der Waals surface area contributed by atoms with Crippen LogP contribution in [0.4, 0.5) is 0 Å². The maximum absolute atomic E-state index is 12.7. The van der Waals surface area contributed by atoms with Crippen molar-refractivity contribution >= 4 is 17.7 Å². The van der Waals surface area contributed by atoms with Gasteiger partial charge < -0.3 is 9.30 Å². The molecule has 0 bridgehead atoms. The Morgan fingerprint density at radius 2 is 1.79 bits per heavy atom. The van der Waals surface area contributed by atoms with Gasteiger partial charge in [-0.05, 0) is 30.9 Å². The molecule has 1 saturated carbocycles. The summed E-state index contributed by atoms with van der Waals surface area (Å²) in [5.74, 6) is 1.24. The highest BCUT2D eigenvalue weighted by Crippen LogP contribution is 2.42. The van der Waals surface area contributed by atoms with Crippen molar-refractivity contribution in [3.63, 3.8) is 0 Å². The molecule has 0 spiro atoms. The third-order valence-corrected chi connectivity index (χ3v) is 5.91. The SMILES string of the molecule is CCOC(=O)C(Sc1nnc(C2CC2)n1Cc1ccccc1)c1ccccc1. The fourth-order valence-corrected chi connectivity index (χ4v) is 4.19. The Hall–Kier alpha value is -2.60. The van der Waals surface area contributed by atoms with Crippen LogP contribution in [0, 0.1) is 0 Å². The van der Waals surface area contributed by atoms with Crippen LogP contribution >= 0.6 is 11.8 Å². The van der Waals surface area contributed by atoms with E-state index >= 15 is 0 Å². The summed E-state index contributed by atoms with van der Waals surface area (Å²) in [6.07, 6.45) is 2.30. The Bertz CT molecular complexity index is 923. The summed E-state index contributed by atoms with van der Waals surface area (Å²) in [5.41, 5.74) is 2.10. The molecule has 1 aliphatic rings. The number of ether oxygens (including phenoxy) is 1. The predicted octanol–water partition coefficient (Wildman–Crippen LogP) is 4.60. The monoisotopic (exact) mass is 393 g/mol. The number of nitrogens with zero attached hydrogens (tertiary/aromatic N) is 3. The second-order valence-corrected chi connectivity index (χ2v) is 7.92. The molecule has 144 valence electrons. The lowest BCUT2D eigenvalue weighted by atomic mass is 10.1. The highest BCUT2D eigenvalue weighted by molar-refractivity contribution is 8.00. The molecule has 0 N–H and O–H groups in total. The minimum atomic E-state index is -0.466. The molecular formula is C22H23N3O2S. The summed E-state index contributed by atoms with van der Waals surface area (Å²) >= 11 is 1.42. The van der Waals surface area contributed by atoms with E-state index < -0.39 is 5.25 Å². The minimum absolute atomic E-state index is 0.249. The third kappa shape index (κ3) is 4.28. The number of esters is 1. The highest BCUT2D eigenvalue weighted by atomic mass is 32.2. The standard InChI is InChI=1S/C22H23N3O2S/c1-2-27-21(26)19(17-11-7-4-8-12-17)28-22-24-23-20(18-13-14-18)25(22)15-16-9-5-3-6-10-16/h3-12,18-19H,2,13-15H2,1H3. The number of hydrogen-bond donors (Lipinski definition) is 0. The summed E-state index contributed by atoms with van der Waals surface area (Å²) in [7, 11) is 0. The molecule has 6 heteroatoms. The van der Waals surface area contributed by atoms with Gasteiger partial charge in [0.2, 0.25) is 0 Å². The zero-order valence-electron chi connectivity index (χ0n) is 15.8. The first-order valence-electron chi connectivity index (χ1n) is 9.61. The Kier molecular flexibility index (Phi) is 5.76. The summed E-state index contributed by atoms with van der Waals surface area (Å²) in [5, 5.41) is 9.21. The van der Waals surface area contributed by atoms with Crippen molar-refractivity contribution in [1.29, 1.82) is 0 Å². The van der Waals surface area contributed by atoms with Crippen LogP contribution in [0.5, 0.6) is 0 Å². The molecular weight excluding hydrogens is 370 g/mol. The second kappa shape index (κ2) is 8.61. The van der Waals surface area contributed by atoms with Crippen LogP contribution in [0.3, 0.4) is 0 Å². The molecule has 0 saturated heterocycles. The van der Waals surface area contributed by atoms with Gasteiger partial charge in [0.25, 0.3) is 0 Å². The maximum Gasteiger partial charge on any atom is 0.324 e. The first kappa shape index (κ1) is 18.7. The number of benzene rings is 2. The van der Waals surface area contributed by atoms with Gasteiger partial charge >= 0.3 is 5.97 Å². The first-order chi connectivity index (χ1) is 13.8. The van der Waals surface area contributed by atoms with Crippen LogP contribution in [0.25, 0.3) is 0 Å². The van der Waals surface area contributed by atoms with Gasteiger partial charge in [-0.25, -0.2) is 0 Å². The lowest BCUT2D eigenvalue weighted by Crippen LogP contribution is -2.15. The molecule has 0 aliphatic heterocycles. The van der Waals surface area contributed by atoms with Crippen LogP contribution in [-0.2, 0) is 16.1 Å². The smallest absolute Gasteiger partial charge is 0.324 e. The number of aromatic nitrogens is 3. The number of thioether (sulfide) groups is 1. The summed E-state index contributed by atoms with van der Waals surface area (Å²) in [4.78, 5) is 12.7. The largest absolute Gasteiger partial charge is 0.465 e. The van der Waals surface area contributed by atoms with Crippen LogP contribution in [-0.4, -0.2) is 27.3 Å². The average molecular weight is 394 g/mol. The lowest BCUT2D eigenvalue weighted by molar-refractivity contribution is -0.142. The van der Waals surface area contributed by atoms with Crippen LogP contribution in [0.15, 0.2) is 65.8 Å². The third-order valence-electron chi connectivity index (χ3n) is 4.70. The van der Waals surface area contributed by atoms with Crippen molar-refractivity contribution in [3.05, 3.63) is 77.6 Å². The van der Waals surface area contributed by atoms with Gasteiger partial charge in [-0.3, -0.25) is 4.79 Å². The molecule has 28 heavy (non-hydrogen) atoms. The fraction of sp³-hybridized carbons (Fsp3) is 0.318. The van der Waals surface area contributed by atoms with Gasteiger partial charge in [-0.1, -0.05) is 72.4 Å². The van der Waals surface area contributed by atoms with E-state index in [-0.39, 0.29) is 5.97 Å². The van der Waals surface area contributed by atoms with Crippen LogP contribution in [0.2, 0.25) is 0 Å². The molecule has 2 aromatic carbocycles. The van der Waals surface area contributed by atoms with E-state index in [2.05, 4.69) is 26.9 Å². The van der Waals surface area contributed by atoms with Gasteiger partial charge in [0.05, 0.1) is 13.2 Å². The number of hydrogen-bond acceptors (Lipinski definition) is 5. The topological polar surface area (TPSA) is 57.0 Å². The molecule has 0 radical (unpaired) electrons. The lowest BCUT2D eigenvalue weighted by Gasteiger charge is -2.16. The Morgan fingerprint density at radius 3 is 2.43 bits per heavy atom. The fourth-order valence-electron chi connectivity index (χ4n) is 3.15. The first-order valence-corrected chi connectivity index (χ1v) is 10.5. The molecule has 1 aromatic heterocycles. The normalized spacial score (nSPS) is 14.6. The zero-order valence-corrected chi connectivity index (χ0v) is 16.6. The van der Waals surface area contributed by atoms with E-state index in [0.29, 0.717) is 19.1 Å². The Labute approximate surface area is 169 Å². The second-order valence-electron chi connectivity index (χ2n) is 6.85. The van der Waals surface area contributed by atoms with E-state index in [0.717, 1.165) is 29.4 Å². The molecule has 0 amide bonds. The van der Waals surface area contributed by atoms with Crippen molar-refractivity contribution in [2.75, 3.05) is 6.61 Å². The molecule has 3 aromatic rings. The zero-order chi connectivity index (χ0) is 19.3. The maximum atomic E-state index is 12.7. The van der Waals surface area contributed by atoms with E-state index in [9.17, 15) is 4.79 Å². The van der Waals surface area contributed by atoms with E-state index in [4.69, 9.17) is 4.74 Å². The molecule has 1 aliphatic carbocycles. The van der Waals surface area contributed by atoms with Crippen molar-refractivity contribution < 1.29 is 9.53 Å². The van der Waals surface area contributed by atoms with E-state index in [1.54, 1.807) is 0 Å². The molecule has 5 nitrogen and oxygen atoms in total. The molecule has 4 rings (SSSR count). The number of rotatable bonds is 8. The van der Waals surface area contributed by atoms with E-state index in [1.165, 1.54) is 17.3 Å². The minimum Gasteiger partial charge on any atom is -0.465 e. The number of carbonyl (C=O) groups is 1. The molecule has 1 fully saturated rings. The van der Waals surface area contributed by atoms with Gasteiger partial charge in [0.15, 0.2) is 5.16 Å². The quantitative estimate of drug-likeness (QED) is 0.413. The highest BCUT2D eigenvalue weighted by Gasteiger charge is 2.32. The summed E-state index contributed by atoms with van der Waals surface area (Å²) in [6, 6.07) is 20.0. The molecule has 1 unspecified atom stereocenters. The summed E-state index contributed by atoms with van der Waals surface area (Å²) < 4.78 is 7.50. The predicted molar refractivity (Wildman–Crippen MR) is 109 cm³/mol. The van der Waals surface area contributed by atoms with Crippen molar-refractivity contribution in [1.82, 2.24) is 14.8 Å². The van der Waals surface area contributed by atoms with Gasteiger partial charge in [-0.15, -0.1) is 10.2 Å². The van der Waals surface area contributed by atoms with Crippen LogP contribution < -0.4 is 0 Å². The summed E-state index contributed by atoms with van der Waals surface area (Å²) in [6.45, 7) is 2.88. The van der Waals surface area contributed by atoms with Crippen molar-refractivity contribution in [2.24, 2.45) is 0 Å². The average Bonchev–Trinajstić information content (AvgIpc) is 3.50. The number of carbonyl (C=O) groups excluding carboxylic acids is 1. The molecule has 1 heterocycles.